The van der Waals surface area contributed by atoms with Gasteiger partial charge in [-0.2, -0.15) is 0 Å². The number of esters is 1. The van der Waals surface area contributed by atoms with Crippen molar-refractivity contribution in [3.05, 3.63) is 75.7 Å². The van der Waals surface area contributed by atoms with Gasteiger partial charge >= 0.3 is 5.97 Å². The molecule has 1 aromatic heterocycles. The molecule has 8 nitrogen and oxygen atoms in total. The molecule has 0 spiro atoms. The average Bonchev–Trinajstić information content (AvgIpc) is 3.14. The number of non-ortho nitro benzene ring substituents is 1. The fraction of sp³-hybridized carbons (Fsp3) is 0.211. The third-order valence-electron chi connectivity index (χ3n) is 4.02. The van der Waals surface area contributed by atoms with Crippen molar-refractivity contribution in [1.82, 2.24) is 10.2 Å². The largest absolute Gasteiger partial charge is 0.452 e. The number of carbonyl (C=O) groups excluding carboxylic acids is 1. The van der Waals surface area contributed by atoms with Crippen LogP contribution in [-0.2, 0) is 16.0 Å². The lowest BCUT2D eigenvalue weighted by molar-refractivity contribution is -0.384. The van der Waals surface area contributed by atoms with Gasteiger partial charge in [0.05, 0.1) is 11.3 Å². The first-order chi connectivity index (χ1) is 12.9. The first-order valence-corrected chi connectivity index (χ1v) is 8.26. The van der Waals surface area contributed by atoms with E-state index in [1.54, 1.807) is 6.92 Å². The van der Waals surface area contributed by atoms with E-state index >= 15 is 0 Å². The zero-order chi connectivity index (χ0) is 19.4. The van der Waals surface area contributed by atoms with E-state index in [0.29, 0.717) is 5.56 Å². The van der Waals surface area contributed by atoms with E-state index in [9.17, 15) is 14.9 Å². The molecule has 0 radical (unpaired) electrons. The van der Waals surface area contributed by atoms with Gasteiger partial charge in [-0.25, -0.2) is 0 Å². The van der Waals surface area contributed by atoms with E-state index in [4.69, 9.17) is 9.15 Å². The molecule has 0 unspecified atom stereocenters. The molecule has 3 rings (SSSR count). The number of nitrogens with zero attached hydrogens (tertiary/aromatic N) is 3. The van der Waals surface area contributed by atoms with Gasteiger partial charge in [0.2, 0.25) is 5.89 Å². The second-order valence-corrected chi connectivity index (χ2v) is 5.98. The maximum atomic E-state index is 12.2. The van der Waals surface area contributed by atoms with Gasteiger partial charge in [0.15, 0.2) is 6.10 Å². The number of benzene rings is 2. The Kier molecular flexibility index (Phi) is 5.25. The Morgan fingerprint density at radius 2 is 1.89 bits per heavy atom. The molecule has 27 heavy (non-hydrogen) atoms. The molecule has 0 saturated heterocycles. The lowest BCUT2D eigenvalue weighted by atomic mass is 10.1. The van der Waals surface area contributed by atoms with Crippen LogP contribution in [0.4, 0.5) is 5.69 Å². The highest BCUT2D eigenvalue weighted by Crippen LogP contribution is 2.24. The van der Waals surface area contributed by atoms with E-state index in [1.807, 2.05) is 31.2 Å². The SMILES string of the molecule is Cc1ccccc1CC(=O)O[C@H](C)c1nnc(-c2ccc([N+](=O)[O-])cc2)o1. The molecular formula is C19H17N3O5. The third kappa shape index (κ3) is 4.35. The van der Waals surface area contributed by atoms with Crippen LogP contribution in [0, 0.1) is 17.0 Å². The molecule has 3 aromatic rings. The number of ether oxygens (including phenoxy) is 1. The highest BCUT2D eigenvalue weighted by molar-refractivity contribution is 5.73. The minimum atomic E-state index is -0.708. The van der Waals surface area contributed by atoms with Crippen LogP contribution in [0.3, 0.4) is 0 Å². The van der Waals surface area contributed by atoms with E-state index < -0.39 is 17.0 Å². The first kappa shape index (κ1) is 18.2. The summed E-state index contributed by atoms with van der Waals surface area (Å²) in [4.78, 5) is 22.4. The number of hydrogen-bond acceptors (Lipinski definition) is 7. The van der Waals surface area contributed by atoms with Crippen LogP contribution in [-0.4, -0.2) is 21.1 Å². The smallest absolute Gasteiger partial charge is 0.311 e. The average molecular weight is 367 g/mol. The van der Waals surface area contributed by atoms with Crippen molar-refractivity contribution >= 4 is 11.7 Å². The lowest BCUT2D eigenvalue weighted by Gasteiger charge is -2.10. The van der Waals surface area contributed by atoms with Crippen LogP contribution in [0.15, 0.2) is 52.9 Å². The van der Waals surface area contributed by atoms with Crippen LogP contribution in [0.2, 0.25) is 0 Å². The van der Waals surface area contributed by atoms with Crippen molar-refractivity contribution in [3.63, 3.8) is 0 Å². The van der Waals surface area contributed by atoms with Gasteiger partial charge in [0.25, 0.3) is 11.6 Å². The van der Waals surface area contributed by atoms with Gasteiger partial charge in [0.1, 0.15) is 0 Å². The second kappa shape index (κ2) is 7.77. The van der Waals surface area contributed by atoms with E-state index in [-0.39, 0.29) is 23.9 Å². The van der Waals surface area contributed by atoms with Crippen molar-refractivity contribution in [1.29, 1.82) is 0 Å². The van der Waals surface area contributed by atoms with Crippen molar-refractivity contribution in [2.75, 3.05) is 0 Å². The summed E-state index contributed by atoms with van der Waals surface area (Å²) in [5, 5.41) is 18.5. The predicted octanol–water partition coefficient (Wildman–Crippen LogP) is 3.80. The number of rotatable bonds is 6. The number of hydrogen-bond donors (Lipinski definition) is 0. The number of aromatic nitrogens is 2. The number of aryl methyl sites for hydroxylation is 1. The molecule has 0 aliphatic rings. The monoisotopic (exact) mass is 367 g/mol. The molecule has 2 aromatic carbocycles. The number of carbonyl (C=O) groups is 1. The summed E-state index contributed by atoms with van der Waals surface area (Å²) in [5.74, 6) is -0.0462. The van der Waals surface area contributed by atoms with Crippen molar-refractivity contribution in [3.8, 4) is 11.5 Å². The van der Waals surface area contributed by atoms with Crippen LogP contribution in [0.1, 0.15) is 30.0 Å². The maximum Gasteiger partial charge on any atom is 0.311 e. The summed E-state index contributed by atoms with van der Waals surface area (Å²) >= 11 is 0. The van der Waals surface area contributed by atoms with Gasteiger partial charge in [-0.1, -0.05) is 24.3 Å². The quantitative estimate of drug-likeness (QED) is 0.370. The Balaban J connectivity index is 1.66. The van der Waals surface area contributed by atoms with Gasteiger partial charge in [-0.05, 0) is 37.1 Å². The van der Waals surface area contributed by atoms with Crippen molar-refractivity contribution in [2.24, 2.45) is 0 Å². The summed E-state index contributed by atoms with van der Waals surface area (Å²) < 4.78 is 10.9. The minimum Gasteiger partial charge on any atom is -0.452 e. The van der Waals surface area contributed by atoms with Gasteiger partial charge < -0.3 is 9.15 Å². The molecule has 0 saturated carbocycles. The van der Waals surface area contributed by atoms with E-state index in [2.05, 4.69) is 10.2 Å². The predicted molar refractivity (Wildman–Crippen MR) is 95.8 cm³/mol. The molecule has 0 fully saturated rings. The third-order valence-corrected chi connectivity index (χ3v) is 4.02. The number of nitro groups is 1. The summed E-state index contributed by atoms with van der Waals surface area (Å²) in [6.45, 7) is 3.57. The Hall–Kier alpha value is -3.55. The van der Waals surface area contributed by atoms with Crippen LogP contribution < -0.4 is 0 Å². The Morgan fingerprint density at radius 3 is 2.56 bits per heavy atom. The molecule has 1 heterocycles. The maximum absolute atomic E-state index is 12.2. The zero-order valence-electron chi connectivity index (χ0n) is 14.8. The Bertz CT molecular complexity index is 965. The second-order valence-electron chi connectivity index (χ2n) is 5.98. The molecule has 0 aliphatic heterocycles. The standard InChI is InChI=1S/C19H17N3O5/c1-12-5-3-4-6-15(12)11-17(23)26-13(2)18-20-21-19(27-18)14-7-9-16(10-8-14)22(24)25/h3-10,13H,11H2,1-2H3/t13-/m1/s1. The Morgan fingerprint density at radius 1 is 1.19 bits per heavy atom. The summed E-state index contributed by atoms with van der Waals surface area (Å²) in [5.41, 5.74) is 2.42. The van der Waals surface area contributed by atoms with Gasteiger partial charge in [-0.3, -0.25) is 14.9 Å². The van der Waals surface area contributed by atoms with Gasteiger partial charge in [-0.15, -0.1) is 10.2 Å². The van der Waals surface area contributed by atoms with Gasteiger partial charge in [0, 0.05) is 17.7 Å². The Labute approximate surface area is 155 Å². The highest BCUT2D eigenvalue weighted by Gasteiger charge is 2.20. The molecule has 0 bridgehead atoms. The summed E-state index contributed by atoms with van der Waals surface area (Å²) in [7, 11) is 0. The van der Waals surface area contributed by atoms with E-state index in [0.717, 1.165) is 11.1 Å². The molecule has 8 heteroatoms. The molecule has 138 valence electrons. The normalized spacial score (nSPS) is 11.8. The fourth-order valence-corrected chi connectivity index (χ4v) is 2.49. The molecule has 1 atom stereocenters. The van der Waals surface area contributed by atoms with E-state index in [1.165, 1.54) is 24.3 Å². The molecular weight excluding hydrogens is 350 g/mol. The van der Waals surface area contributed by atoms with Crippen LogP contribution >= 0.6 is 0 Å². The van der Waals surface area contributed by atoms with Crippen molar-refractivity contribution in [2.45, 2.75) is 26.4 Å². The molecule has 0 aliphatic carbocycles. The molecule has 0 amide bonds. The van der Waals surface area contributed by atoms with Crippen LogP contribution in [0.25, 0.3) is 11.5 Å². The summed E-state index contributed by atoms with van der Waals surface area (Å²) in [6.07, 6.45) is -0.554. The first-order valence-electron chi connectivity index (χ1n) is 8.26. The van der Waals surface area contributed by atoms with Crippen LogP contribution in [0.5, 0.6) is 0 Å². The topological polar surface area (TPSA) is 108 Å². The summed E-state index contributed by atoms with van der Waals surface area (Å²) in [6, 6.07) is 13.3. The zero-order valence-corrected chi connectivity index (χ0v) is 14.8. The lowest BCUT2D eigenvalue weighted by Crippen LogP contribution is -2.12. The minimum absolute atomic E-state index is 0.0306. The highest BCUT2D eigenvalue weighted by atomic mass is 16.6. The van der Waals surface area contributed by atoms with Crippen molar-refractivity contribution < 1.29 is 18.9 Å². The molecule has 0 N–H and O–H groups in total. The number of nitro benzene ring substituents is 1. The fourth-order valence-electron chi connectivity index (χ4n) is 2.49.